The first-order valence-corrected chi connectivity index (χ1v) is 9.91. The number of benzene rings is 1. The lowest BCUT2D eigenvalue weighted by Gasteiger charge is -2.29. The van der Waals surface area contributed by atoms with Gasteiger partial charge in [0.1, 0.15) is 15.2 Å². The van der Waals surface area contributed by atoms with E-state index < -0.39 is 5.13 Å². The lowest BCUT2D eigenvalue weighted by Crippen LogP contribution is -2.36. The number of fused-ring (bicyclic) bond motifs is 1. The van der Waals surface area contributed by atoms with Gasteiger partial charge in [-0.3, -0.25) is 9.36 Å². The Morgan fingerprint density at radius 1 is 1.26 bits per heavy atom. The summed E-state index contributed by atoms with van der Waals surface area (Å²) in [5.41, 5.74) is 1.12. The van der Waals surface area contributed by atoms with Crippen LogP contribution < -0.4 is 10.5 Å². The lowest BCUT2D eigenvalue weighted by molar-refractivity contribution is 0.553. The van der Waals surface area contributed by atoms with Crippen LogP contribution in [-0.2, 0) is 6.54 Å². The minimum absolute atomic E-state index is 0.102. The molecule has 0 atom stereocenters. The van der Waals surface area contributed by atoms with Crippen molar-refractivity contribution in [2.24, 2.45) is 0 Å². The molecule has 1 aliphatic heterocycles. The summed E-state index contributed by atoms with van der Waals surface area (Å²) >= 11 is 6.77. The van der Waals surface area contributed by atoms with E-state index in [0.717, 1.165) is 49.3 Å². The summed E-state index contributed by atoms with van der Waals surface area (Å²) in [5.74, 6) is 0.486. The first-order valence-electron chi connectivity index (χ1n) is 8.71. The van der Waals surface area contributed by atoms with Crippen LogP contribution in [0.2, 0.25) is 5.02 Å². The summed E-state index contributed by atoms with van der Waals surface area (Å²) in [6.45, 7) is 1.76. The van der Waals surface area contributed by atoms with Crippen molar-refractivity contribution in [1.29, 1.82) is 5.26 Å². The van der Waals surface area contributed by atoms with Gasteiger partial charge in [-0.2, -0.15) is 9.65 Å². The first-order chi connectivity index (χ1) is 13.1. The molecule has 27 heavy (non-hydrogen) atoms. The van der Waals surface area contributed by atoms with Gasteiger partial charge in [0.2, 0.25) is 5.95 Å². The maximum absolute atomic E-state index is 14.0. The van der Waals surface area contributed by atoms with Crippen molar-refractivity contribution < 1.29 is 4.39 Å². The van der Waals surface area contributed by atoms with Gasteiger partial charge in [0.25, 0.3) is 5.56 Å². The number of hydrogen-bond donors (Lipinski definition) is 0. The Balaban J connectivity index is 1.92. The molecule has 2 aromatic heterocycles. The Labute approximate surface area is 164 Å². The molecule has 0 unspecified atom stereocenters. The normalized spacial score (nSPS) is 14.5. The van der Waals surface area contributed by atoms with Crippen molar-refractivity contribution in [2.45, 2.75) is 25.8 Å². The summed E-state index contributed by atoms with van der Waals surface area (Å²) in [7, 11) is 0. The van der Waals surface area contributed by atoms with Gasteiger partial charge in [-0.15, -0.1) is 0 Å². The molecule has 0 bridgehead atoms. The molecule has 1 fully saturated rings. The molecule has 3 heterocycles. The van der Waals surface area contributed by atoms with Gasteiger partial charge in [-0.1, -0.05) is 41.1 Å². The third-order valence-corrected chi connectivity index (χ3v) is 6.20. The minimum Gasteiger partial charge on any atom is -0.342 e. The smallest absolute Gasteiger partial charge is 0.273 e. The van der Waals surface area contributed by atoms with E-state index in [-0.39, 0.29) is 27.3 Å². The molecule has 0 aliphatic carbocycles. The number of thiophene rings is 1. The fraction of sp³-hybridized carbons (Fsp3) is 0.316. The first kappa shape index (κ1) is 18.0. The van der Waals surface area contributed by atoms with Crippen molar-refractivity contribution in [3.8, 4) is 6.07 Å². The molecule has 0 amide bonds. The maximum Gasteiger partial charge on any atom is 0.273 e. The average molecular weight is 403 g/mol. The zero-order valence-corrected chi connectivity index (χ0v) is 16.0. The number of halogens is 2. The van der Waals surface area contributed by atoms with E-state index in [4.69, 9.17) is 11.6 Å². The van der Waals surface area contributed by atoms with Gasteiger partial charge in [-0.05, 0) is 30.9 Å². The van der Waals surface area contributed by atoms with Crippen LogP contribution in [-0.4, -0.2) is 22.6 Å². The number of aromatic nitrogens is 2. The highest BCUT2D eigenvalue weighted by molar-refractivity contribution is 7.18. The zero-order valence-electron chi connectivity index (χ0n) is 14.4. The van der Waals surface area contributed by atoms with Crippen molar-refractivity contribution in [1.82, 2.24) is 9.55 Å². The predicted octanol–water partition coefficient (Wildman–Crippen LogP) is 4.16. The summed E-state index contributed by atoms with van der Waals surface area (Å²) in [6, 6.07) is 9.30. The molecule has 5 nitrogen and oxygen atoms in total. The second-order valence-electron chi connectivity index (χ2n) is 6.49. The van der Waals surface area contributed by atoms with Gasteiger partial charge in [0.15, 0.2) is 5.13 Å². The molecule has 4 rings (SSSR count). The van der Waals surface area contributed by atoms with Crippen LogP contribution in [0.25, 0.3) is 10.2 Å². The molecular formula is C19H16ClFN4OS. The van der Waals surface area contributed by atoms with Crippen molar-refractivity contribution in [3.63, 3.8) is 0 Å². The second-order valence-corrected chi connectivity index (χ2v) is 7.84. The van der Waals surface area contributed by atoms with E-state index in [1.54, 1.807) is 12.1 Å². The summed E-state index contributed by atoms with van der Waals surface area (Å²) < 4.78 is 15.7. The Kier molecular flexibility index (Phi) is 4.85. The fourth-order valence-electron chi connectivity index (χ4n) is 3.41. The van der Waals surface area contributed by atoms with Crippen molar-refractivity contribution in [3.05, 3.63) is 55.9 Å². The summed E-state index contributed by atoms with van der Waals surface area (Å²) in [5, 5.41) is 8.66. The summed E-state index contributed by atoms with van der Waals surface area (Å²) in [4.78, 5) is 19.8. The van der Waals surface area contributed by atoms with E-state index in [1.165, 1.54) is 4.57 Å². The third-order valence-electron chi connectivity index (χ3n) is 4.79. The molecule has 3 aromatic rings. The highest BCUT2D eigenvalue weighted by atomic mass is 35.5. The molecule has 1 aliphatic rings. The highest BCUT2D eigenvalue weighted by Crippen LogP contribution is 2.32. The van der Waals surface area contributed by atoms with Crippen LogP contribution in [0.4, 0.5) is 10.3 Å². The van der Waals surface area contributed by atoms with Crippen LogP contribution in [0.3, 0.4) is 0 Å². The highest BCUT2D eigenvalue weighted by Gasteiger charge is 2.23. The second kappa shape index (κ2) is 7.29. The summed E-state index contributed by atoms with van der Waals surface area (Å²) in [6.07, 6.45) is 3.15. The van der Waals surface area contributed by atoms with E-state index in [2.05, 4.69) is 11.1 Å². The number of anilines is 1. The van der Waals surface area contributed by atoms with E-state index in [9.17, 15) is 14.4 Å². The number of rotatable bonds is 3. The van der Waals surface area contributed by atoms with E-state index in [0.29, 0.717) is 11.5 Å². The Bertz CT molecular complexity index is 1110. The molecule has 1 saturated heterocycles. The third kappa shape index (κ3) is 3.20. The Hall–Kier alpha value is -2.43. The Morgan fingerprint density at radius 3 is 2.74 bits per heavy atom. The maximum atomic E-state index is 14.0. The largest absolute Gasteiger partial charge is 0.342 e. The Morgan fingerprint density at radius 2 is 2.00 bits per heavy atom. The van der Waals surface area contributed by atoms with Crippen LogP contribution in [0.1, 0.15) is 30.4 Å². The predicted molar refractivity (Wildman–Crippen MR) is 105 cm³/mol. The van der Waals surface area contributed by atoms with Gasteiger partial charge in [0.05, 0.1) is 18.2 Å². The van der Waals surface area contributed by atoms with Gasteiger partial charge >= 0.3 is 0 Å². The monoisotopic (exact) mass is 402 g/mol. The molecule has 0 N–H and O–H groups in total. The number of nitrogens with zero attached hydrogens (tertiary/aromatic N) is 4. The van der Waals surface area contributed by atoms with Crippen LogP contribution in [0.15, 0.2) is 29.1 Å². The van der Waals surface area contributed by atoms with E-state index >= 15 is 0 Å². The number of nitriles is 1. The van der Waals surface area contributed by atoms with Crippen molar-refractivity contribution in [2.75, 3.05) is 18.0 Å². The van der Waals surface area contributed by atoms with Gasteiger partial charge in [-0.25, -0.2) is 4.98 Å². The fourth-order valence-corrected chi connectivity index (χ4v) is 4.53. The molecule has 138 valence electrons. The minimum atomic E-state index is -0.601. The van der Waals surface area contributed by atoms with Crippen LogP contribution >= 0.6 is 22.9 Å². The topological polar surface area (TPSA) is 61.9 Å². The molecule has 0 radical (unpaired) electrons. The number of piperidine rings is 1. The number of hydrogen-bond acceptors (Lipinski definition) is 5. The molecule has 8 heteroatoms. The molecule has 0 saturated carbocycles. The van der Waals surface area contributed by atoms with E-state index in [1.807, 2.05) is 17.0 Å². The molecular weight excluding hydrogens is 387 g/mol. The van der Waals surface area contributed by atoms with Gasteiger partial charge < -0.3 is 4.90 Å². The van der Waals surface area contributed by atoms with Crippen LogP contribution in [0.5, 0.6) is 0 Å². The molecule has 1 aromatic carbocycles. The van der Waals surface area contributed by atoms with Crippen LogP contribution in [0, 0.1) is 16.5 Å². The zero-order chi connectivity index (χ0) is 19.0. The molecule has 0 spiro atoms. The lowest BCUT2D eigenvalue weighted by atomic mass is 10.1. The standard InChI is InChI=1S/C19H16ClFN4OS/c20-14-15-16(27-17(14)21)18(26)25(11-13-7-3-2-6-12(13)10-22)19(23-15)24-8-4-1-5-9-24/h2-3,6-7H,1,4-5,8-9,11H2. The quantitative estimate of drug-likeness (QED) is 0.660. The SMILES string of the molecule is N#Cc1ccccc1Cn1c(N2CCCCC2)nc2c(Cl)c(F)sc2c1=O. The average Bonchev–Trinajstić information content (AvgIpc) is 2.99. The van der Waals surface area contributed by atoms with Crippen molar-refractivity contribution >= 4 is 39.1 Å². The van der Waals surface area contributed by atoms with Gasteiger partial charge in [0, 0.05) is 13.1 Å².